The summed E-state index contributed by atoms with van der Waals surface area (Å²) in [5.41, 5.74) is 0. The summed E-state index contributed by atoms with van der Waals surface area (Å²) in [6.07, 6.45) is 9.34. The van der Waals surface area contributed by atoms with Crippen LogP contribution in [-0.4, -0.2) is 85.7 Å². The third kappa shape index (κ3) is 7.78. The maximum absolute atomic E-state index is 4.34. The van der Waals surface area contributed by atoms with Gasteiger partial charge in [0.15, 0.2) is 5.96 Å². The van der Waals surface area contributed by atoms with Gasteiger partial charge in [0.05, 0.1) is 0 Å². The Morgan fingerprint density at radius 1 is 1.08 bits per heavy atom. The molecule has 1 saturated heterocycles. The van der Waals surface area contributed by atoms with Gasteiger partial charge in [-0.3, -0.25) is 9.89 Å². The van der Waals surface area contributed by atoms with Crippen molar-refractivity contribution in [2.24, 2.45) is 4.99 Å². The molecule has 2 rings (SSSR count). The smallest absolute Gasteiger partial charge is 0.225 e. The first-order valence-corrected chi connectivity index (χ1v) is 10.9. The molecule has 2 N–H and O–H groups in total. The van der Waals surface area contributed by atoms with E-state index < -0.39 is 0 Å². The molecule has 2 heterocycles. The molecule has 0 amide bonds. The van der Waals surface area contributed by atoms with Gasteiger partial charge >= 0.3 is 0 Å². The van der Waals surface area contributed by atoms with Crippen molar-refractivity contribution in [1.82, 2.24) is 25.5 Å². The van der Waals surface area contributed by atoms with Crippen LogP contribution in [0.4, 0.5) is 5.95 Å². The molecule has 1 aromatic rings. The number of guanidine groups is 1. The van der Waals surface area contributed by atoms with Crippen molar-refractivity contribution in [2.75, 3.05) is 69.8 Å². The molecule has 0 aromatic carbocycles. The van der Waals surface area contributed by atoms with Crippen LogP contribution in [0.2, 0.25) is 0 Å². The summed E-state index contributed by atoms with van der Waals surface area (Å²) in [6.45, 7) is 7.19. The maximum Gasteiger partial charge on any atom is 0.225 e. The molecular weight excluding hydrogens is 346 g/mol. The number of hydrogen-bond donors (Lipinski definition) is 2. The third-order valence-corrected chi connectivity index (χ3v) is 5.14. The first-order chi connectivity index (χ1) is 12.8. The Balaban J connectivity index is 1.53. The Morgan fingerprint density at radius 2 is 1.77 bits per heavy atom. The zero-order valence-corrected chi connectivity index (χ0v) is 17.0. The topological polar surface area (TPSA) is 68.7 Å². The SMILES string of the molecule is CN=C(NCCCCSC)NCCCN1CCN(c2ncccn2)CC1. The largest absolute Gasteiger partial charge is 0.356 e. The zero-order valence-electron chi connectivity index (χ0n) is 16.2. The average Bonchev–Trinajstić information content (AvgIpc) is 2.70. The summed E-state index contributed by atoms with van der Waals surface area (Å²) in [5.74, 6) is 3.00. The van der Waals surface area contributed by atoms with Gasteiger partial charge in [0.25, 0.3) is 0 Å². The number of nitrogens with zero attached hydrogens (tertiary/aromatic N) is 5. The molecule has 146 valence electrons. The Hall–Kier alpha value is -1.54. The molecule has 0 radical (unpaired) electrons. The molecule has 0 unspecified atom stereocenters. The minimum Gasteiger partial charge on any atom is -0.356 e. The van der Waals surface area contributed by atoms with Gasteiger partial charge < -0.3 is 15.5 Å². The number of hydrogen-bond acceptors (Lipinski definition) is 6. The van der Waals surface area contributed by atoms with E-state index in [2.05, 4.69) is 41.6 Å². The van der Waals surface area contributed by atoms with Gasteiger partial charge in [-0.1, -0.05) is 0 Å². The minimum atomic E-state index is 0.848. The van der Waals surface area contributed by atoms with Crippen LogP contribution in [0.1, 0.15) is 19.3 Å². The van der Waals surface area contributed by atoms with Crippen molar-refractivity contribution in [3.8, 4) is 0 Å². The maximum atomic E-state index is 4.34. The molecule has 0 spiro atoms. The molecule has 0 aliphatic carbocycles. The third-order valence-electron chi connectivity index (χ3n) is 4.44. The predicted molar refractivity (Wildman–Crippen MR) is 112 cm³/mol. The lowest BCUT2D eigenvalue weighted by atomic mass is 10.3. The van der Waals surface area contributed by atoms with Gasteiger partial charge in [-0.25, -0.2) is 9.97 Å². The van der Waals surface area contributed by atoms with E-state index >= 15 is 0 Å². The lowest BCUT2D eigenvalue weighted by molar-refractivity contribution is 0.254. The van der Waals surface area contributed by atoms with Crippen LogP contribution in [0, 0.1) is 0 Å². The van der Waals surface area contributed by atoms with Crippen LogP contribution in [0.3, 0.4) is 0 Å². The number of nitrogens with one attached hydrogen (secondary N) is 2. The first-order valence-electron chi connectivity index (χ1n) is 9.51. The summed E-state index contributed by atoms with van der Waals surface area (Å²) < 4.78 is 0. The first kappa shape index (κ1) is 20.8. The molecule has 0 atom stereocenters. The fraction of sp³-hybridized carbons (Fsp3) is 0.722. The van der Waals surface area contributed by atoms with Gasteiger partial charge in [0.1, 0.15) is 0 Å². The monoisotopic (exact) mass is 379 g/mol. The van der Waals surface area contributed by atoms with Crippen molar-refractivity contribution in [1.29, 1.82) is 0 Å². The van der Waals surface area contributed by atoms with Crippen molar-refractivity contribution in [2.45, 2.75) is 19.3 Å². The number of anilines is 1. The second kappa shape index (κ2) is 12.8. The van der Waals surface area contributed by atoms with Crippen molar-refractivity contribution < 1.29 is 0 Å². The number of aromatic nitrogens is 2. The Kier molecular flexibility index (Phi) is 10.2. The molecule has 1 fully saturated rings. The van der Waals surface area contributed by atoms with E-state index in [1.165, 1.54) is 18.6 Å². The highest BCUT2D eigenvalue weighted by atomic mass is 32.2. The van der Waals surface area contributed by atoms with E-state index in [9.17, 15) is 0 Å². The van der Waals surface area contributed by atoms with Crippen LogP contribution < -0.4 is 15.5 Å². The van der Waals surface area contributed by atoms with Crippen molar-refractivity contribution >= 4 is 23.7 Å². The lowest BCUT2D eigenvalue weighted by Gasteiger charge is -2.34. The van der Waals surface area contributed by atoms with E-state index in [0.717, 1.165) is 64.1 Å². The molecule has 8 heteroatoms. The van der Waals surface area contributed by atoms with Crippen LogP contribution in [-0.2, 0) is 0 Å². The van der Waals surface area contributed by atoms with E-state index in [4.69, 9.17) is 0 Å². The number of aliphatic imine (C=N–C) groups is 1. The molecule has 26 heavy (non-hydrogen) atoms. The van der Waals surface area contributed by atoms with Crippen molar-refractivity contribution in [3.63, 3.8) is 0 Å². The Morgan fingerprint density at radius 3 is 2.42 bits per heavy atom. The van der Waals surface area contributed by atoms with Crippen LogP contribution >= 0.6 is 11.8 Å². The Labute approximate surface area is 162 Å². The predicted octanol–water partition coefficient (Wildman–Crippen LogP) is 1.30. The lowest BCUT2D eigenvalue weighted by Crippen LogP contribution is -2.47. The van der Waals surface area contributed by atoms with E-state index in [0.29, 0.717) is 0 Å². The fourth-order valence-corrected chi connectivity index (χ4v) is 3.43. The van der Waals surface area contributed by atoms with Crippen LogP contribution in [0.25, 0.3) is 0 Å². The molecule has 7 nitrogen and oxygen atoms in total. The number of rotatable bonds is 10. The minimum absolute atomic E-state index is 0.848. The van der Waals surface area contributed by atoms with Gasteiger partial charge in [-0.15, -0.1) is 0 Å². The molecule has 1 aromatic heterocycles. The van der Waals surface area contributed by atoms with Gasteiger partial charge in [-0.2, -0.15) is 11.8 Å². The molecular formula is C18H33N7S. The summed E-state index contributed by atoms with van der Waals surface area (Å²) in [4.78, 5) is 17.7. The fourth-order valence-electron chi connectivity index (χ4n) is 2.93. The van der Waals surface area contributed by atoms with Gasteiger partial charge in [0, 0.05) is 58.7 Å². The highest BCUT2D eigenvalue weighted by Crippen LogP contribution is 2.09. The Bertz CT molecular complexity index is 504. The van der Waals surface area contributed by atoms with E-state index in [1.807, 2.05) is 37.3 Å². The standard InChI is InChI=1S/C18H33N7S/c1-19-17(20-7-3-4-16-26-2)21-10-6-11-24-12-14-25(15-13-24)18-22-8-5-9-23-18/h5,8-9H,3-4,6-7,10-16H2,1-2H3,(H2,19,20,21). The van der Waals surface area contributed by atoms with Crippen LogP contribution in [0.15, 0.2) is 23.5 Å². The van der Waals surface area contributed by atoms with Crippen LogP contribution in [0.5, 0.6) is 0 Å². The summed E-state index contributed by atoms with van der Waals surface area (Å²) >= 11 is 1.91. The number of unbranched alkanes of at least 4 members (excludes halogenated alkanes) is 1. The highest BCUT2D eigenvalue weighted by molar-refractivity contribution is 7.98. The van der Waals surface area contributed by atoms with Crippen molar-refractivity contribution in [3.05, 3.63) is 18.5 Å². The molecule has 1 aliphatic rings. The summed E-state index contributed by atoms with van der Waals surface area (Å²) in [6, 6.07) is 1.86. The number of thioether (sulfide) groups is 1. The molecule has 0 saturated carbocycles. The average molecular weight is 380 g/mol. The highest BCUT2D eigenvalue weighted by Gasteiger charge is 2.18. The normalized spacial score (nSPS) is 15.9. The molecule has 1 aliphatic heterocycles. The summed E-state index contributed by atoms with van der Waals surface area (Å²) in [5, 5.41) is 6.80. The van der Waals surface area contributed by atoms with Gasteiger partial charge in [-0.05, 0) is 43.9 Å². The zero-order chi connectivity index (χ0) is 18.5. The number of piperazine rings is 1. The second-order valence-electron chi connectivity index (χ2n) is 6.36. The van der Waals surface area contributed by atoms with E-state index in [-0.39, 0.29) is 0 Å². The van der Waals surface area contributed by atoms with E-state index in [1.54, 1.807) is 0 Å². The summed E-state index contributed by atoms with van der Waals surface area (Å²) in [7, 11) is 1.84. The quantitative estimate of drug-likeness (QED) is 0.361. The van der Waals surface area contributed by atoms with Gasteiger partial charge in [0.2, 0.25) is 5.95 Å². The second-order valence-corrected chi connectivity index (χ2v) is 7.34. The molecule has 0 bridgehead atoms.